The van der Waals surface area contributed by atoms with Crippen molar-refractivity contribution >= 4 is 17.4 Å². The Kier molecular flexibility index (Phi) is 5.24. The minimum atomic E-state index is 0.322. The molecule has 18 heavy (non-hydrogen) atoms. The average Bonchev–Trinajstić information content (AvgIpc) is 2.39. The summed E-state index contributed by atoms with van der Waals surface area (Å²) in [4.78, 5) is 8.53. The van der Waals surface area contributed by atoms with Gasteiger partial charge in [-0.2, -0.15) is 0 Å². The van der Waals surface area contributed by atoms with Crippen molar-refractivity contribution in [3.8, 4) is 0 Å². The molecular weight excluding hydrogens is 246 g/mol. The van der Waals surface area contributed by atoms with E-state index in [9.17, 15) is 0 Å². The Balaban J connectivity index is 1.87. The quantitative estimate of drug-likeness (QED) is 0.828. The normalized spacial score (nSPS) is 23.9. The molecule has 0 radical (unpaired) electrons. The monoisotopic (exact) mass is 267 g/mol. The number of hydrogen-bond acceptors (Lipinski definition) is 3. The van der Waals surface area contributed by atoms with Crippen LogP contribution in [-0.2, 0) is 6.42 Å². The Hall–Kier alpha value is -0.830. The molecule has 2 atom stereocenters. The topological polar surface area (TPSA) is 37.8 Å². The van der Waals surface area contributed by atoms with Gasteiger partial charge in [-0.15, -0.1) is 11.6 Å². The summed E-state index contributed by atoms with van der Waals surface area (Å²) in [5, 5.41) is 3.73. The minimum absolute atomic E-state index is 0.322. The zero-order chi connectivity index (χ0) is 12.8. The summed E-state index contributed by atoms with van der Waals surface area (Å²) in [5.74, 6) is 1.51. The molecule has 0 aliphatic heterocycles. The lowest BCUT2D eigenvalue weighted by molar-refractivity contribution is 0.380. The Labute approximate surface area is 114 Å². The first kappa shape index (κ1) is 13.6. The molecule has 4 heteroatoms. The third kappa shape index (κ3) is 3.84. The molecule has 0 amide bonds. The van der Waals surface area contributed by atoms with E-state index in [1.807, 2.05) is 0 Å². The SMILES string of the molecule is CCCc1cc(NCC2CCCCC2Cl)ncn1. The van der Waals surface area contributed by atoms with Crippen molar-refractivity contribution in [1.82, 2.24) is 9.97 Å². The maximum Gasteiger partial charge on any atom is 0.129 e. The fourth-order valence-electron chi connectivity index (χ4n) is 2.52. The van der Waals surface area contributed by atoms with Gasteiger partial charge in [-0.1, -0.05) is 26.2 Å². The van der Waals surface area contributed by atoms with E-state index in [4.69, 9.17) is 11.6 Å². The van der Waals surface area contributed by atoms with E-state index in [0.29, 0.717) is 11.3 Å². The van der Waals surface area contributed by atoms with Gasteiger partial charge in [0.2, 0.25) is 0 Å². The molecule has 1 aliphatic rings. The number of aromatic nitrogens is 2. The van der Waals surface area contributed by atoms with Crippen LogP contribution in [0.15, 0.2) is 12.4 Å². The molecule has 1 fully saturated rings. The molecule has 1 aromatic heterocycles. The predicted octanol–water partition coefficient (Wildman–Crippen LogP) is 3.64. The molecule has 1 aromatic rings. The van der Waals surface area contributed by atoms with Crippen molar-refractivity contribution in [2.45, 2.75) is 50.8 Å². The van der Waals surface area contributed by atoms with Crippen molar-refractivity contribution in [3.05, 3.63) is 18.1 Å². The zero-order valence-corrected chi connectivity index (χ0v) is 11.8. The van der Waals surface area contributed by atoms with Crippen LogP contribution in [0.4, 0.5) is 5.82 Å². The fourth-order valence-corrected chi connectivity index (χ4v) is 2.88. The van der Waals surface area contributed by atoms with Gasteiger partial charge in [0.25, 0.3) is 0 Å². The number of alkyl halides is 1. The molecule has 0 bridgehead atoms. The fraction of sp³-hybridized carbons (Fsp3) is 0.714. The van der Waals surface area contributed by atoms with Gasteiger partial charge in [0.15, 0.2) is 0 Å². The molecule has 100 valence electrons. The van der Waals surface area contributed by atoms with Gasteiger partial charge in [0, 0.05) is 23.7 Å². The average molecular weight is 268 g/mol. The molecule has 1 aliphatic carbocycles. The smallest absolute Gasteiger partial charge is 0.129 e. The van der Waals surface area contributed by atoms with Gasteiger partial charge in [0.05, 0.1) is 0 Å². The maximum absolute atomic E-state index is 6.36. The Morgan fingerprint density at radius 3 is 2.94 bits per heavy atom. The van der Waals surface area contributed by atoms with Gasteiger partial charge >= 0.3 is 0 Å². The maximum atomic E-state index is 6.36. The number of nitrogens with zero attached hydrogens (tertiary/aromatic N) is 2. The van der Waals surface area contributed by atoms with Gasteiger partial charge in [-0.3, -0.25) is 0 Å². The second-order valence-corrected chi connectivity index (χ2v) is 5.65. The molecular formula is C14H22ClN3. The van der Waals surface area contributed by atoms with Crippen LogP contribution in [0.5, 0.6) is 0 Å². The number of hydrogen-bond donors (Lipinski definition) is 1. The van der Waals surface area contributed by atoms with E-state index < -0.39 is 0 Å². The standard InChI is InChI=1S/C14H22ClN3/c1-2-5-12-8-14(18-10-17-12)16-9-11-6-3-4-7-13(11)15/h8,10-11,13H,2-7,9H2,1H3,(H,16,17,18). The molecule has 2 rings (SSSR count). The van der Waals surface area contributed by atoms with E-state index in [-0.39, 0.29) is 0 Å². The highest BCUT2D eigenvalue weighted by Crippen LogP contribution is 2.28. The lowest BCUT2D eigenvalue weighted by atomic mass is 9.89. The molecule has 1 heterocycles. The van der Waals surface area contributed by atoms with Crippen molar-refractivity contribution in [1.29, 1.82) is 0 Å². The third-order valence-corrected chi connectivity index (χ3v) is 4.17. The molecule has 1 N–H and O–H groups in total. The molecule has 0 saturated heterocycles. The third-order valence-electron chi connectivity index (χ3n) is 3.59. The van der Waals surface area contributed by atoms with Crippen LogP contribution in [0, 0.1) is 5.92 Å². The van der Waals surface area contributed by atoms with Crippen LogP contribution in [0.25, 0.3) is 0 Å². The first-order valence-electron chi connectivity index (χ1n) is 6.98. The van der Waals surface area contributed by atoms with E-state index in [1.54, 1.807) is 6.33 Å². The summed E-state index contributed by atoms with van der Waals surface area (Å²) < 4.78 is 0. The Morgan fingerprint density at radius 2 is 2.17 bits per heavy atom. The molecule has 0 spiro atoms. The first-order chi connectivity index (χ1) is 8.79. The number of rotatable bonds is 5. The number of aryl methyl sites for hydroxylation is 1. The number of nitrogens with one attached hydrogen (secondary N) is 1. The first-order valence-corrected chi connectivity index (χ1v) is 7.42. The van der Waals surface area contributed by atoms with E-state index in [2.05, 4.69) is 28.3 Å². The van der Waals surface area contributed by atoms with Crippen molar-refractivity contribution in [2.24, 2.45) is 5.92 Å². The lowest BCUT2D eigenvalue weighted by Gasteiger charge is -2.27. The van der Waals surface area contributed by atoms with Gasteiger partial charge in [-0.25, -0.2) is 9.97 Å². The van der Waals surface area contributed by atoms with Crippen LogP contribution in [0.2, 0.25) is 0 Å². The van der Waals surface area contributed by atoms with Crippen LogP contribution in [0.3, 0.4) is 0 Å². The summed E-state index contributed by atoms with van der Waals surface area (Å²) >= 11 is 6.36. The highest BCUT2D eigenvalue weighted by atomic mass is 35.5. The molecule has 0 aromatic carbocycles. The van der Waals surface area contributed by atoms with Crippen molar-refractivity contribution < 1.29 is 0 Å². The Bertz CT molecular complexity index is 370. The highest BCUT2D eigenvalue weighted by molar-refractivity contribution is 6.20. The summed E-state index contributed by atoms with van der Waals surface area (Å²) in [6.45, 7) is 3.09. The number of anilines is 1. The summed E-state index contributed by atoms with van der Waals surface area (Å²) in [5.41, 5.74) is 1.11. The molecule has 3 nitrogen and oxygen atoms in total. The second kappa shape index (κ2) is 6.93. The summed E-state index contributed by atoms with van der Waals surface area (Å²) in [6, 6.07) is 2.05. The van der Waals surface area contributed by atoms with Crippen LogP contribution < -0.4 is 5.32 Å². The van der Waals surface area contributed by atoms with E-state index in [1.165, 1.54) is 19.3 Å². The van der Waals surface area contributed by atoms with Gasteiger partial charge < -0.3 is 5.32 Å². The summed E-state index contributed by atoms with van der Waals surface area (Å²) in [6.07, 6.45) is 8.74. The zero-order valence-electron chi connectivity index (χ0n) is 11.0. The van der Waals surface area contributed by atoms with E-state index >= 15 is 0 Å². The van der Waals surface area contributed by atoms with Gasteiger partial charge in [0.1, 0.15) is 12.1 Å². The molecule has 2 unspecified atom stereocenters. The van der Waals surface area contributed by atoms with E-state index in [0.717, 1.165) is 37.3 Å². The number of halogens is 1. The lowest BCUT2D eigenvalue weighted by Crippen LogP contribution is -2.27. The molecule has 1 saturated carbocycles. The highest BCUT2D eigenvalue weighted by Gasteiger charge is 2.22. The van der Waals surface area contributed by atoms with Crippen LogP contribution in [0.1, 0.15) is 44.7 Å². The Morgan fingerprint density at radius 1 is 1.33 bits per heavy atom. The van der Waals surface area contributed by atoms with Crippen LogP contribution in [-0.4, -0.2) is 21.9 Å². The summed E-state index contributed by atoms with van der Waals surface area (Å²) in [7, 11) is 0. The van der Waals surface area contributed by atoms with Gasteiger partial charge in [-0.05, 0) is 25.2 Å². The predicted molar refractivity (Wildman–Crippen MR) is 76.1 cm³/mol. The minimum Gasteiger partial charge on any atom is -0.370 e. The largest absolute Gasteiger partial charge is 0.370 e. The van der Waals surface area contributed by atoms with Crippen LogP contribution >= 0.6 is 11.6 Å². The van der Waals surface area contributed by atoms with Crippen molar-refractivity contribution in [3.63, 3.8) is 0 Å². The van der Waals surface area contributed by atoms with Crippen molar-refractivity contribution in [2.75, 3.05) is 11.9 Å². The second-order valence-electron chi connectivity index (χ2n) is 5.09.